The van der Waals surface area contributed by atoms with Crippen LogP contribution in [0.1, 0.15) is 37.6 Å². The molecular weight excluding hydrogens is 234 g/mol. The van der Waals surface area contributed by atoms with Gasteiger partial charge in [-0.05, 0) is 17.9 Å². The Labute approximate surface area is 106 Å². The fourth-order valence-corrected chi connectivity index (χ4v) is 1.63. The zero-order valence-corrected chi connectivity index (χ0v) is 10.8. The lowest BCUT2D eigenvalue weighted by Gasteiger charge is -2.31. The molecule has 0 amide bonds. The van der Waals surface area contributed by atoms with Crippen molar-refractivity contribution in [2.45, 2.75) is 33.2 Å². The maximum atomic E-state index is 11.1. The van der Waals surface area contributed by atoms with Gasteiger partial charge < -0.3 is 15.5 Å². The van der Waals surface area contributed by atoms with Crippen LogP contribution in [-0.4, -0.2) is 39.0 Å². The van der Waals surface area contributed by atoms with E-state index >= 15 is 0 Å². The van der Waals surface area contributed by atoms with Crippen molar-refractivity contribution >= 4 is 11.8 Å². The summed E-state index contributed by atoms with van der Waals surface area (Å²) in [5.41, 5.74) is -0.0482. The van der Waals surface area contributed by atoms with Crippen LogP contribution < -0.4 is 5.32 Å². The summed E-state index contributed by atoms with van der Waals surface area (Å²) in [6.07, 6.45) is 1.85. The van der Waals surface area contributed by atoms with Crippen molar-refractivity contribution in [1.29, 1.82) is 0 Å². The second kappa shape index (κ2) is 5.77. The van der Waals surface area contributed by atoms with E-state index in [-0.39, 0.29) is 29.4 Å². The van der Waals surface area contributed by atoms with Gasteiger partial charge in [-0.1, -0.05) is 20.8 Å². The van der Waals surface area contributed by atoms with E-state index in [1.54, 1.807) is 0 Å². The highest BCUT2D eigenvalue weighted by atomic mass is 16.4. The van der Waals surface area contributed by atoms with Crippen molar-refractivity contribution in [3.63, 3.8) is 0 Å². The molecule has 0 aliphatic rings. The molecule has 0 aromatic carbocycles. The van der Waals surface area contributed by atoms with Gasteiger partial charge >= 0.3 is 5.97 Å². The minimum atomic E-state index is -1.05. The Morgan fingerprint density at radius 3 is 2.67 bits per heavy atom. The highest BCUT2D eigenvalue weighted by Gasteiger charge is 2.26. The van der Waals surface area contributed by atoms with Crippen molar-refractivity contribution in [3.8, 4) is 0 Å². The second-order valence-corrected chi connectivity index (χ2v) is 5.17. The molecule has 1 aromatic rings. The number of aromatic nitrogens is 2. The molecule has 1 heterocycles. The fourth-order valence-electron chi connectivity index (χ4n) is 1.63. The number of hydrogen-bond donors (Lipinski definition) is 3. The van der Waals surface area contributed by atoms with E-state index in [4.69, 9.17) is 10.2 Å². The Morgan fingerprint density at radius 1 is 1.50 bits per heavy atom. The molecule has 0 bridgehead atoms. The SMILES string of the molecule is CC(C)(C)C(CCO)Nc1nnccc1C(=O)O. The van der Waals surface area contributed by atoms with E-state index in [1.807, 2.05) is 20.8 Å². The van der Waals surface area contributed by atoms with E-state index in [0.29, 0.717) is 6.42 Å². The molecule has 6 heteroatoms. The zero-order valence-electron chi connectivity index (χ0n) is 10.8. The highest BCUT2D eigenvalue weighted by molar-refractivity contribution is 5.92. The molecule has 6 nitrogen and oxygen atoms in total. The van der Waals surface area contributed by atoms with Gasteiger partial charge in [0.05, 0.1) is 6.20 Å². The number of carboxylic acid groups (broad SMARTS) is 1. The van der Waals surface area contributed by atoms with E-state index in [1.165, 1.54) is 12.3 Å². The van der Waals surface area contributed by atoms with Gasteiger partial charge in [0.15, 0.2) is 5.82 Å². The standard InChI is InChI=1S/C12H19N3O3/c1-12(2,3)9(5-7-16)14-10-8(11(17)18)4-6-13-15-10/h4,6,9,16H,5,7H2,1-3H3,(H,14,15)(H,17,18). The van der Waals surface area contributed by atoms with Crippen LogP contribution in [0.5, 0.6) is 0 Å². The first kappa shape index (κ1) is 14.4. The number of aromatic carboxylic acids is 1. The summed E-state index contributed by atoms with van der Waals surface area (Å²) in [5.74, 6) is -0.817. The fraction of sp³-hybridized carbons (Fsp3) is 0.583. The molecule has 1 unspecified atom stereocenters. The number of hydrogen-bond acceptors (Lipinski definition) is 5. The van der Waals surface area contributed by atoms with Gasteiger partial charge in [-0.25, -0.2) is 4.79 Å². The van der Waals surface area contributed by atoms with Crippen LogP contribution in [0.4, 0.5) is 5.82 Å². The Morgan fingerprint density at radius 2 is 2.17 bits per heavy atom. The first-order chi connectivity index (χ1) is 8.36. The molecule has 0 fully saturated rings. The van der Waals surface area contributed by atoms with Crippen LogP contribution in [0, 0.1) is 5.41 Å². The summed E-state index contributed by atoms with van der Waals surface area (Å²) in [6.45, 7) is 6.06. The lowest BCUT2D eigenvalue weighted by Crippen LogP contribution is -2.35. The number of nitrogens with zero attached hydrogens (tertiary/aromatic N) is 2. The van der Waals surface area contributed by atoms with Gasteiger partial charge in [0.2, 0.25) is 0 Å². The van der Waals surface area contributed by atoms with Gasteiger partial charge in [0.1, 0.15) is 5.56 Å². The van der Waals surface area contributed by atoms with E-state index < -0.39 is 5.97 Å². The molecule has 0 saturated heterocycles. The van der Waals surface area contributed by atoms with Crippen LogP contribution in [0.25, 0.3) is 0 Å². The van der Waals surface area contributed by atoms with Gasteiger partial charge in [-0.15, -0.1) is 5.10 Å². The number of aliphatic hydroxyl groups is 1. The van der Waals surface area contributed by atoms with Crippen LogP contribution in [0.3, 0.4) is 0 Å². The van der Waals surface area contributed by atoms with Gasteiger partial charge in [-0.3, -0.25) is 0 Å². The molecule has 0 saturated carbocycles. The zero-order chi connectivity index (χ0) is 13.8. The molecule has 0 radical (unpaired) electrons. The van der Waals surface area contributed by atoms with Crippen LogP contribution in [-0.2, 0) is 0 Å². The van der Waals surface area contributed by atoms with Gasteiger partial charge in [0.25, 0.3) is 0 Å². The molecule has 0 aliphatic heterocycles. The van der Waals surface area contributed by atoms with Crippen molar-refractivity contribution in [2.75, 3.05) is 11.9 Å². The minimum absolute atomic E-state index is 0.0254. The number of rotatable bonds is 5. The first-order valence-corrected chi connectivity index (χ1v) is 5.78. The van der Waals surface area contributed by atoms with Crippen LogP contribution >= 0.6 is 0 Å². The number of carbonyl (C=O) groups is 1. The third-order valence-electron chi connectivity index (χ3n) is 2.73. The number of anilines is 1. The number of aliphatic hydroxyl groups excluding tert-OH is 1. The number of nitrogens with one attached hydrogen (secondary N) is 1. The molecule has 100 valence electrons. The molecule has 0 aliphatic carbocycles. The monoisotopic (exact) mass is 253 g/mol. The van der Waals surface area contributed by atoms with Crippen LogP contribution in [0.2, 0.25) is 0 Å². The molecule has 3 N–H and O–H groups in total. The minimum Gasteiger partial charge on any atom is -0.478 e. The first-order valence-electron chi connectivity index (χ1n) is 5.78. The maximum absolute atomic E-state index is 11.1. The lowest BCUT2D eigenvalue weighted by molar-refractivity contribution is 0.0697. The van der Waals surface area contributed by atoms with E-state index in [0.717, 1.165) is 0 Å². The molecule has 18 heavy (non-hydrogen) atoms. The summed E-state index contributed by atoms with van der Waals surface area (Å²) in [7, 11) is 0. The maximum Gasteiger partial charge on any atom is 0.339 e. The van der Waals surface area contributed by atoms with Crippen molar-refractivity contribution in [3.05, 3.63) is 17.8 Å². The summed E-state index contributed by atoms with van der Waals surface area (Å²) < 4.78 is 0. The average molecular weight is 253 g/mol. The van der Waals surface area contributed by atoms with E-state index in [2.05, 4.69) is 15.5 Å². The third-order valence-corrected chi connectivity index (χ3v) is 2.73. The predicted octanol–water partition coefficient (Wildman–Crippen LogP) is 1.38. The molecule has 1 aromatic heterocycles. The highest BCUT2D eigenvalue weighted by Crippen LogP contribution is 2.25. The van der Waals surface area contributed by atoms with E-state index in [9.17, 15) is 4.79 Å². The van der Waals surface area contributed by atoms with Crippen LogP contribution in [0.15, 0.2) is 12.3 Å². The summed E-state index contributed by atoms with van der Waals surface area (Å²) >= 11 is 0. The largest absolute Gasteiger partial charge is 0.478 e. The van der Waals surface area contributed by atoms with Gasteiger partial charge in [0, 0.05) is 12.6 Å². The summed E-state index contributed by atoms with van der Waals surface area (Å²) in [6, 6.07) is 1.31. The van der Waals surface area contributed by atoms with Crippen molar-refractivity contribution < 1.29 is 15.0 Å². The predicted molar refractivity (Wildman–Crippen MR) is 67.6 cm³/mol. The third kappa shape index (κ3) is 3.66. The summed E-state index contributed by atoms with van der Waals surface area (Å²) in [5, 5.41) is 28.7. The lowest BCUT2D eigenvalue weighted by atomic mass is 9.85. The smallest absolute Gasteiger partial charge is 0.339 e. The molecular formula is C12H19N3O3. The Kier molecular flexibility index (Phi) is 4.61. The molecule has 0 spiro atoms. The quantitative estimate of drug-likeness (QED) is 0.733. The topological polar surface area (TPSA) is 95.3 Å². The molecule has 1 atom stereocenters. The Hall–Kier alpha value is -1.69. The van der Waals surface area contributed by atoms with Gasteiger partial charge in [-0.2, -0.15) is 5.10 Å². The van der Waals surface area contributed by atoms with Crippen molar-refractivity contribution in [1.82, 2.24) is 10.2 Å². The average Bonchev–Trinajstić information content (AvgIpc) is 2.27. The summed E-state index contributed by atoms with van der Waals surface area (Å²) in [4.78, 5) is 11.1. The second-order valence-electron chi connectivity index (χ2n) is 5.17. The Balaban J connectivity index is 2.97. The number of carboxylic acids is 1. The normalized spacial score (nSPS) is 13.1. The molecule has 1 rings (SSSR count). The Bertz CT molecular complexity index is 415. The van der Waals surface area contributed by atoms with Crippen molar-refractivity contribution in [2.24, 2.45) is 5.41 Å².